The van der Waals surface area contributed by atoms with Crippen LogP contribution in [-0.2, 0) is 64.7 Å². The largest absolute Gasteiger partial charge is 0.286 e. The van der Waals surface area contributed by atoms with E-state index in [4.69, 9.17) is 11.6 Å². The zero-order chi connectivity index (χ0) is 56.7. The van der Waals surface area contributed by atoms with Gasteiger partial charge in [-0.2, -0.15) is 0 Å². The first-order chi connectivity index (χ1) is 35.8. The molecule has 4 aliphatic carbocycles. The van der Waals surface area contributed by atoms with Crippen molar-refractivity contribution in [3.63, 3.8) is 0 Å². The summed E-state index contributed by atoms with van der Waals surface area (Å²) in [6.45, 7) is 42.5. The van der Waals surface area contributed by atoms with Crippen LogP contribution in [0.5, 0.6) is 0 Å². The maximum atomic E-state index is 6.00. The molecule has 0 saturated heterocycles. The maximum absolute atomic E-state index is 6.00. The number of hydrogen-bond acceptors (Lipinski definition) is 8. The molecule has 6 heterocycles. The number of nitrogens with zero attached hydrogens (tertiary/aromatic N) is 8. The van der Waals surface area contributed by atoms with Crippen molar-refractivity contribution < 1.29 is 0 Å². The minimum atomic E-state index is 0. The zero-order valence-corrected chi connectivity index (χ0v) is 50.8. The third-order valence-electron chi connectivity index (χ3n) is 13.8. The second-order valence-electron chi connectivity index (χ2n) is 26.6. The molecule has 0 spiro atoms. The average molecular weight is 1070 g/mol. The Morgan fingerprint density at radius 2 is 0.910 bits per heavy atom. The normalized spacial score (nSPS) is 14.1. The lowest BCUT2D eigenvalue weighted by Crippen LogP contribution is -2.16. The van der Waals surface area contributed by atoms with E-state index in [1.165, 1.54) is 67.0 Å². The molecule has 0 atom stereocenters. The standard InChI is InChI=1S/C13H16.C12H14ClN.C12H15N.2C11H14N2.C9H14N2.CH4/c1-13(2,3)12-9-5-7-10-6-4-8-11(10)12;1-12(2,3)9-7-11(13)14-10-6-4-5-8(9)10;1-12(2,3)10-7-8-13-11-6-4-5-9(10)11;1-11(2,3)9-4-5-13-10-7-12-6-8(9)10;1-11(2,3)10-8-5-4-6-9(8)12-7-13-10;1-7-10-6-5-8(11-7)9(2,3)4;/h4-5,7-9H,6H2,1-3H3;4-5,7H,6H2,1-3H3;4-5,7-8H,6H2,1-3H3;4-6H,7H2,1-3H3;4-5,7H,6H2,1-3H3;5-6H,1-4H3;1H4. The lowest BCUT2D eigenvalue weighted by Gasteiger charge is -2.22. The molecule has 5 aliphatic rings. The van der Waals surface area contributed by atoms with Crippen LogP contribution in [0, 0.1) is 6.92 Å². The Labute approximate surface area is 475 Å². The molecule has 1 aliphatic heterocycles. The average Bonchev–Trinajstić information content (AvgIpc) is 4.20. The summed E-state index contributed by atoms with van der Waals surface area (Å²) >= 11 is 6.00. The first-order valence-electron chi connectivity index (χ1n) is 27.4. The van der Waals surface area contributed by atoms with Crippen molar-refractivity contribution in [1.29, 1.82) is 0 Å². The van der Waals surface area contributed by atoms with Crippen LogP contribution < -0.4 is 0 Å². The van der Waals surface area contributed by atoms with Gasteiger partial charge in [0.05, 0.1) is 35.0 Å². The topological polar surface area (TPSA) is 103 Å². The van der Waals surface area contributed by atoms with E-state index in [-0.39, 0.29) is 39.9 Å². The van der Waals surface area contributed by atoms with Crippen molar-refractivity contribution in [2.75, 3.05) is 0 Å². The van der Waals surface area contributed by atoms with Gasteiger partial charge in [0.25, 0.3) is 0 Å². The fraction of sp³-hybridized carbons (Fsp3) is 0.449. The Bertz CT molecular complexity index is 2890. The molecule has 78 heavy (non-hydrogen) atoms. The Morgan fingerprint density at radius 3 is 1.46 bits per heavy atom. The predicted molar refractivity (Wildman–Crippen MR) is 334 cm³/mol. The van der Waals surface area contributed by atoms with Gasteiger partial charge in [-0.1, -0.05) is 210 Å². The van der Waals surface area contributed by atoms with E-state index < -0.39 is 0 Å². The SMILES string of the molecule is C.CC(C)(C)c1cc(Cl)nc2c1C=CC2.CC(C)(C)c1cccc2c1C=CC2.CC(C)(C)c1ccnc2c1C=CC2.CC(C)(C)c1ccnc2c1C=NC2.CC(C)(C)c1ncnc2c1C=CC2.Cc1nccc(C(C)(C)C)n1. The quantitative estimate of drug-likeness (QED) is 0.140. The first kappa shape index (κ1) is 62.6. The highest BCUT2D eigenvalue weighted by atomic mass is 35.5. The second-order valence-corrected chi connectivity index (χ2v) is 27.0. The summed E-state index contributed by atoms with van der Waals surface area (Å²) in [5.74, 6) is 0.845. The van der Waals surface area contributed by atoms with Gasteiger partial charge < -0.3 is 0 Å². The van der Waals surface area contributed by atoms with Crippen molar-refractivity contribution in [1.82, 2.24) is 34.9 Å². The van der Waals surface area contributed by atoms with E-state index in [9.17, 15) is 0 Å². The lowest BCUT2D eigenvalue weighted by molar-refractivity contribution is 0.564. The Morgan fingerprint density at radius 1 is 0.423 bits per heavy atom. The van der Waals surface area contributed by atoms with Crippen LogP contribution in [0.2, 0.25) is 5.15 Å². The number of aromatic nitrogens is 7. The van der Waals surface area contributed by atoms with Crippen molar-refractivity contribution >= 4 is 42.1 Å². The molecule has 5 aromatic heterocycles. The van der Waals surface area contributed by atoms with E-state index in [2.05, 4.69) is 243 Å². The highest BCUT2D eigenvalue weighted by Crippen LogP contribution is 2.35. The molecule has 0 N–H and O–H groups in total. The molecule has 0 radical (unpaired) electrons. The second kappa shape index (κ2) is 25.3. The van der Waals surface area contributed by atoms with Gasteiger partial charge in [0.1, 0.15) is 17.3 Å². The number of aliphatic imine (C=N–C) groups is 1. The van der Waals surface area contributed by atoms with Gasteiger partial charge in [0.2, 0.25) is 0 Å². The number of fused-ring (bicyclic) bond motifs is 5. The number of halogens is 1. The lowest BCUT2D eigenvalue weighted by atomic mass is 9.83. The van der Waals surface area contributed by atoms with E-state index >= 15 is 0 Å². The van der Waals surface area contributed by atoms with Crippen LogP contribution in [0.1, 0.15) is 228 Å². The third-order valence-corrected chi connectivity index (χ3v) is 14.0. The number of allylic oxidation sites excluding steroid dienone is 4. The van der Waals surface area contributed by atoms with E-state index in [1.54, 1.807) is 6.33 Å². The molecule has 0 saturated carbocycles. The van der Waals surface area contributed by atoms with Gasteiger partial charge in [-0.3, -0.25) is 15.0 Å². The number of rotatable bonds is 0. The van der Waals surface area contributed by atoms with Gasteiger partial charge in [0.15, 0.2) is 0 Å². The molecule has 0 bridgehead atoms. The fourth-order valence-electron chi connectivity index (χ4n) is 9.77. The van der Waals surface area contributed by atoms with E-state index in [1.807, 2.05) is 43.9 Å². The Kier molecular flexibility index (Phi) is 20.3. The number of hydrogen-bond donors (Lipinski definition) is 0. The summed E-state index contributed by atoms with van der Waals surface area (Å²) in [6, 6.07) is 14.8. The van der Waals surface area contributed by atoms with Crippen LogP contribution in [-0.4, -0.2) is 41.1 Å². The molecule has 9 heteroatoms. The Hall–Kier alpha value is -6.25. The van der Waals surface area contributed by atoms with Crippen molar-refractivity contribution in [3.8, 4) is 0 Å². The maximum Gasteiger partial charge on any atom is 0.129 e. The molecule has 0 unspecified atom stereocenters. The van der Waals surface area contributed by atoms with E-state index in [0.29, 0.717) is 5.15 Å². The van der Waals surface area contributed by atoms with Crippen LogP contribution in [0.15, 0.2) is 96.7 Å². The van der Waals surface area contributed by atoms with Crippen molar-refractivity contribution in [2.45, 2.75) is 204 Å². The smallest absolute Gasteiger partial charge is 0.129 e. The van der Waals surface area contributed by atoms with Gasteiger partial charge in [-0.15, -0.1) is 0 Å². The van der Waals surface area contributed by atoms with Crippen LogP contribution in [0.25, 0.3) is 24.3 Å². The molecular weight excluding hydrogens is 976 g/mol. The van der Waals surface area contributed by atoms with Gasteiger partial charge in [-0.05, 0) is 104 Å². The summed E-state index contributed by atoms with van der Waals surface area (Å²) in [4.78, 5) is 34.2. The minimum absolute atomic E-state index is 0. The summed E-state index contributed by atoms with van der Waals surface area (Å²) < 4.78 is 0. The summed E-state index contributed by atoms with van der Waals surface area (Å²) in [5.41, 5.74) is 21.5. The first-order valence-corrected chi connectivity index (χ1v) is 27.8. The molecular formula is C69H91ClN8. The van der Waals surface area contributed by atoms with Crippen LogP contribution in [0.4, 0.5) is 0 Å². The van der Waals surface area contributed by atoms with Gasteiger partial charge in [-0.25, -0.2) is 24.9 Å². The summed E-state index contributed by atoms with van der Waals surface area (Å²) in [6.07, 6.45) is 30.7. The Balaban J connectivity index is 0.000000172. The van der Waals surface area contributed by atoms with Gasteiger partial charge >= 0.3 is 0 Å². The van der Waals surface area contributed by atoms with Crippen LogP contribution in [0.3, 0.4) is 0 Å². The number of benzene rings is 1. The fourth-order valence-corrected chi connectivity index (χ4v) is 9.98. The highest BCUT2D eigenvalue weighted by Gasteiger charge is 2.26. The monoisotopic (exact) mass is 1070 g/mol. The number of pyridine rings is 3. The van der Waals surface area contributed by atoms with Gasteiger partial charge in [0, 0.05) is 71.7 Å². The molecule has 0 fully saturated rings. The zero-order valence-electron chi connectivity index (χ0n) is 50.0. The molecule has 0 amide bonds. The molecule has 1 aromatic carbocycles. The van der Waals surface area contributed by atoms with Crippen molar-refractivity contribution in [3.05, 3.63) is 192 Å². The molecule has 8 nitrogen and oxygen atoms in total. The summed E-state index contributed by atoms with van der Waals surface area (Å²) in [5, 5.41) is 0.609. The highest BCUT2D eigenvalue weighted by molar-refractivity contribution is 6.29. The molecule has 6 aromatic rings. The third kappa shape index (κ3) is 16.4. The minimum Gasteiger partial charge on any atom is -0.286 e. The molecule has 11 rings (SSSR count). The predicted octanol–water partition coefficient (Wildman–Crippen LogP) is 17.5. The van der Waals surface area contributed by atoms with Crippen LogP contribution >= 0.6 is 11.6 Å². The van der Waals surface area contributed by atoms with E-state index in [0.717, 1.165) is 60.8 Å². The number of aryl methyl sites for hydroxylation is 1. The molecule has 414 valence electrons. The van der Waals surface area contributed by atoms with Crippen molar-refractivity contribution in [2.24, 2.45) is 4.99 Å². The summed E-state index contributed by atoms with van der Waals surface area (Å²) in [7, 11) is 0.